The summed E-state index contributed by atoms with van der Waals surface area (Å²) >= 11 is 0. The zero-order chi connectivity index (χ0) is 16.1. The number of benzene rings is 1. The molecule has 0 spiro atoms. The maximum absolute atomic E-state index is 5.59. The quantitative estimate of drug-likeness (QED) is 0.840. The maximum atomic E-state index is 5.59. The average molecular weight is 312 g/mol. The molecule has 0 bridgehead atoms. The van der Waals surface area contributed by atoms with Gasteiger partial charge in [0.2, 0.25) is 0 Å². The van der Waals surface area contributed by atoms with Crippen LogP contribution in [0.1, 0.15) is 36.4 Å². The molecule has 122 valence electrons. The van der Waals surface area contributed by atoms with Crippen molar-refractivity contribution in [3.63, 3.8) is 0 Å². The van der Waals surface area contributed by atoms with Crippen molar-refractivity contribution in [2.75, 3.05) is 20.8 Å². The second kappa shape index (κ2) is 7.47. The Morgan fingerprint density at radius 2 is 2.04 bits per heavy atom. The molecule has 0 unspecified atom stereocenters. The van der Waals surface area contributed by atoms with Crippen molar-refractivity contribution in [1.82, 2.24) is 9.88 Å². The number of aromatic nitrogens is 1. The monoisotopic (exact) mass is 312 g/mol. The Kier molecular flexibility index (Phi) is 5.13. The second-order valence-corrected chi connectivity index (χ2v) is 5.92. The second-order valence-electron chi connectivity index (χ2n) is 5.92. The predicted octanol–water partition coefficient (Wildman–Crippen LogP) is 3.83. The number of ether oxygens (including phenoxy) is 2. The molecular formula is C19H24N2O2. The molecule has 4 nitrogen and oxygen atoms in total. The molecule has 2 aromatic rings. The first-order valence-electron chi connectivity index (χ1n) is 8.17. The van der Waals surface area contributed by atoms with E-state index in [0.29, 0.717) is 6.04 Å². The number of hydrogen-bond donors (Lipinski definition) is 0. The minimum atomic E-state index is 0.424. The van der Waals surface area contributed by atoms with E-state index in [-0.39, 0.29) is 0 Å². The van der Waals surface area contributed by atoms with E-state index >= 15 is 0 Å². The largest absolute Gasteiger partial charge is 0.493 e. The fraction of sp³-hybridized carbons (Fsp3) is 0.421. The Labute approximate surface area is 138 Å². The lowest BCUT2D eigenvalue weighted by molar-refractivity contribution is 0.138. The Morgan fingerprint density at radius 1 is 1.13 bits per heavy atom. The lowest BCUT2D eigenvalue weighted by atomic mass is 9.95. The van der Waals surface area contributed by atoms with E-state index in [2.05, 4.69) is 22.0 Å². The molecule has 1 atom stereocenters. The summed E-state index contributed by atoms with van der Waals surface area (Å²) in [6.07, 6.45) is 7.51. The van der Waals surface area contributed by atoms with Gasteiger partial charge in [0.25, 0.3) is 0 Å². The van der Waals surface area contributed by atoms with Gasteiger partial charge in [0.1, 0.15) is 0 Å². The summed E-state index contributed by atoms with van der Waals surface area (Å²) in [7, 11) is 3.39. The number of nitrogens with zero attached hydrogens (tertiary/aromatic N) is 2. The Hall–Kier alpha value is -2.07. The number of methoxy groups -OCH3 is 2. The summed E-state index contributed by atoms with van der Waals surface area (Å²) in [6.45, 7) is 1.96. The van der Waals surface area contributed by atoms with Gasteiger partial charge in [0, 0.05) is 30.5 Å². The first kappa shape index (κ1) is 15.8. The van der Waals surface area contributed by atoms with Crippen LogP contribution in [0.2, 0.25) is 0 Å². The molecule has 1 aliphatic rings. The van der Waals surface area contributed by atoms with Gasteiger partial charge < -0.3 is 9.47 Å². The molecule has 1 aromatic carbocycles. The number of rotatable bonds is 5. The first-order valence-corrected chi connectivity index (χ1v) is 8.17. The van der Waals surface area contributed by atoms with Crippen LogP contribution in [0.4, 0.5) is 0 Å². The summed E-state index contributed by atoms with van der Waals surface area (Å²) in [5.41, 5.74) is 2.47. The third-order valence-electron chi connectivity index (χ3n) is 4.54. The molecule has 0 amide bonds. The van der Waals surface area contributed by atoms with Gasteiger partial charge in [-0.05, 0) is 37.1 Å². The third-order valence-corrected chi connectivity index (χ3v) is 4.54. The van der Waals surface area contributed by atoms with Crippen molar-refractivity contribution in [3.8, 4) is 11.5 Å². The van der Waals surface area contributed by atoms with Crippen LogP contribution in [0.15, 0.2) is 42.7 Å². The minimum Gasteiger partial charge on any atom is -0.493 e. The van der Waals surface area contributed by atoms with Crippen LogP contribution in [0, 0.1) is 0 Å². The van der Waals surface area contributed by atoms with Crippen LogP contribution in [-0.4, -0.2) is 30.6 Å². The zero-order valence-corrected chi connectivity index (χ0v) is 13.9. The Balaban J connectivity index is 1.85. The van der Waals surface area contributed by atoms with Gasteiger partial charge in [0.15, 0.2) is 11.5 Å². The van der Waals surface area contributed by atoms with Crippen LogP contribution in [0.3, 0.4) is 0 Å². The molecule has 1 aliphatic heterocycles. The molecule has 1 saturated heterocycles. The zero-order valence-electron chi connectivity index (χ0n) is 13.9. The molecule has 0 aliphatic carbocycles. The fourth-order valence-electron chi connectivity index (χ4n) is 3.43. The molecular weight excluding hydrogens is 288 g/mol. The molecule has 0 radical (unpaired) electrons. The molecule has 23 heavy (non-hydrogen) atoms. The molecule has 0 saturated carbocycles. The predicted molar refractivity (Wildman–Crippen MR) is 90.8 cm³/mol. The SMILES string of the molecule is COc1cccc(CN2CCCC[C@H]2c2cccnc2)c1OC. The van der Waals surface area contributed by atoms with Gasteiger partial charge in [-0.2, -0.15) is 0 Å². The van der Waals surface area contributed by atoms with Gasteiger partial charge in [0.05, 0.1) is 14.2 Å². The Morgan fingerprint density at radius 3 is 2.78 bits per heavy atom. The van der Waals surface area contributed by atoms with Gasteiger partial charge in [-0.15, -0.1) is 0 Å². The summed E-state index contributed by atoms with van der Waals surface area (Å²) in [4.78, 5) is 6.82. The van der Waals surface area contributed by atoms with Crippen LogP contribution >= 0.6 is 0 Å². The van der Waals surface area contributed by atoms with Crippen molar-refractivity contribution < 1.29 is 9.47 Å². The molecule has 1 fully saturated rings. The third kappa shape index (κ3) is 3.48. The maximum Gasteiger partial charge on any atom is 0.165 e. The van der Waals surface area contributed by atoms with E-state index in [0.717, 1.165) is 24.6 Å². The summed E-state index contributed by atoms with van der Waals surface area (Å²) in [5.74, 6) is 1.63. The van der Waals surface area contributed by atoms with E-state index < -0.39 is 0 Å². The first-order chi connectivity index (χ1) is 11.3. The van der Waals surface area contributed by atoms with E-state index in [1.165, 1.54) is 30.4 Å². The van der Waals surface area contributed by atoms with Gasteiger partial charge >= 0.3 is 0 Å². The highest BCUT2D eigenvalue weighted by atomic mass is 16.5. The Bertz CT molecular complexity index is 631. The molecule has 2 heterocycles. The average Bonchev–Trinajstić information content (AvgIpc) is 2.62. The standard InChI is InChI=1S/C19H24N2O2/c1-22-18-10-5-7-16(19(18)23-2)14-21-12-4-3-9-17(21)15-8-6-11-20-13-15/h5-8,10-11,13,17H,3-4,9,12,14H2,1-2H3/t17-/m0/s1. The summed E-state index contributed by atoms with van der Waals surface area (Å²) in [5, 5.41) is 0. The van der Waals surface area contributed by atoms with Crippen LogP contribution in [0.25, 0.3) is 0 Å². The summed E-state index contributed by atoms with van der Waals surface area (Å²) in [6, 6.07) is 10.7. The highest BCUT2D eigenvalue weighted by molar-refractivity contribution is 5.46. The lowest BCUT2D eigenvalue weighted by Gasteiger charge is -2.36. The number of piperidine rings is 1. The van der Waals surface area contributed by atoms with Crippen molar-refractivity contribution in [2.45, 2.75) is 31.8 Å². The van der Waals surface area contributed by atoms with Gasteiger partial charge in [-0.1, -0.05) is 24.6 Å². The number of pyridine rings is 1. The van der Waals surface area contributed by atoms with Crippen LogP contribution in [-0.2, 0) is 6.54 Å². The topological polar surface area (TPSA) is 34.6 Å². The summed E-state index contributed by atoms with van der Waals surface area (Å²) < 4.78 is 11.0. The van der Waals surface area contributed by atoms with Crippen molar-refractivity contribution in [3.05, 3.63) is 53.9 Å². The van der Waals surface area contributed by atoms with Gasteiger partial charge in [-0.3, -0.25) is 9.88 Å². The highest BCUT2D eigenvalue weighted by Gasteiger charge is 2.25. The smallest absolute Gasteiger partial charge is 0.165 e. The molecule has 3 rings (SSSR count). The van der Waals surface area contributed by atoms with Crippen molar-refractivity contribution in [1.29, 1.82) is 0 Å². The fourth-order valence-corrected chi connectivity index (χ4v) is 3.43. The molecule has 0 N–H and O–H groups in total. The highest BCUT2D eigenvalue weighted by Crippen LogP contribution is 2.36. The van der Waals surface area contributed by atoms with Crippen molar-refractivity contribution >= 4 is 0 Å². The normalized spacial score (nSPS) is 18.6. The van der Waals surface area contributed by atoms with Crippen molar-refractivity contribution in [2.24, 2.45) is 0 Å². The minimum absolute atomic E-state index is 0.424. The van der Waals surface area contributed by atoms with E-state index in [4.69, 9.17) is 9.47 Å². The van der Waals surface area contributed by atoms with Gasteiger partial charge in [-0.25, -0.2) is 0 Å². The number of hydrogen-bond acceptors (Lipinski definition) is 4. The molecule has 1 aromatic heterocycles. The van der Waals surface area contributed by atoms with E-state index in [1.807, 2.05) is 30.6 Å². The number of likely N-dealkylation sites (tertiary alicyclic amines) is 1. The van der Waals surface area contributed by atoms with Crippen LogP contribution < -0.4 is 9.47 Å². The van der Waals surface area contributed by atoms with E-state index in [9.17, 15) is 0 Å². The van der Waals surface area contributed by atoms with Crippen LogP contribution in [0.5, 0.6) is 11.5 Å². The lowest BCUT2D eigenvalue weighted by Crippen LogP contribution is -2.33. The number of para-hydroxylation sites is 1. The molecule has 4 heteroatoms. The van der Waals surface area contributed by atoms with E-state index in [1.54, 1.807) is 14.2 Å².